The quantitative estimate of drug-likeness (QED) is 0.420. The summed E-state index contributed by atoms with van der Waals surface area (Å²) in [6.45, 7) is 2.65. The third-order valence-corrected chi connectivity index (χ3v) is 5.41. The number of alkyl halides is 3. The highest BCUT2D eigenvalue weighted by atomic mass is 19.4. The van der Waals surface area contributed by atoms with Gasteiger partial charge in [0.15, 0.2) is 11.5 Å². The average molecular weight is 476 g/mol. The first-order valence-electron chi connectivity index (χ1n) is 10.5. The van der Waals surface area contributed by atoms with E-state index in [9.17, 15) is 27.2 Å². The van der Waals surface area contributed by atoms with E-state index in [1.54, 1.807) is 36.1 Å². The van der Waals surface area contributed by atoms with Crippen molar-refractivity contribution in [1.82, 2.24) is 14.9 Å². The average Bonchev–Trinajstić information content (AvgIpc) is 2.82. The lowest BCUT2D eigenvalue weighted by Crippen LogP contribution is -2.49. The maximum atomic E-state index is 14.3. The number of anilines is 1. The van der Waals surface area contributed by atoms with Gasteiger partial charge in [-0.3, -0.25) is 4.79 Å². The van der Waals surface area contributed by atoms with E-state index in [1.165, 1.54) is 4.90 Å². The number of piperazine rings is 1. The van der Waals surface area contributed by atoms with Gasteiger partial charge in [0.1, 0.15) is 5.82 Å². The summed E-state index contributed by atoms with van der Waals surface area (Å²) in [5.74, 6) is -2.25. The summed E-state index contributed by atoms with van der Waals surface area (Å²) in [5.41, 5.74) is -0.433. The molecule has 0 N–H and O–H groups in total. The SMILES string of the molecule is CCOC(=O)c1nc2ccccc2nc1N1CCN(C(=O)c2ccc(C(F)(F)F)cc2F)CC1. The van der Waals surface area contributed by atoms with Gasteiger partial charge in [0.25, 0.3) is 5.91 Å². The Morgan fingerprint density at radius 2 is 1.65 bits per heavy atom. The van der Waals surface area contributed by atoms with Crippen molar-refractivity contribution in [1.29, 1.82) is 0 Å². The van der Waals surface area contributed by atoms with Crippen molar-refractivity contribution < 1.29 is 31.9 Å². The minimum Gasteiger partial charge on any atom is -0.461 e. The van der Waals surface area contributed by atoms with E-state index in [2.05, 4.69) is 9.97 Å². The van der Waals surface area contributed by atoms with Crippen LogP contribution in [0, 0.1) is 5.82 Å². The fourth-order valence-electron chi connectivity index (χ4n) is 3.70. The van der Waals surface area contributed by atoms with E-state index in [4.69, 9.17) is 4.74 Å². The van der Waals surface area contributed by atoms with Gasteiger partial charge in [0.05, 0.1) is 28.8 Å². The molecule has 1 aromatic heterocycles. The van der Waals surface area contributed by atoms with Crippen molar-refractivity contribution in [3.05, 3.63) is 65.1 Å². The van der Waals surface area contributed by atoms with Gasteiger partial charge in [-0.05, 0) is 37.3 Å². The third-order valence-electron chi connectivity index (χ3n) is 5.41. The molecule has 0 unspecified atom stereocenters. The van der Waals surface area contributed by atoms with Gasteiger partial charge in [-0.1, -0.05) is 12.1 Å². The number of carbonyl (C=O) groups is 2. The highest BCUT2D eigenvalue weighted by molar-refractivity contribution is 5.96. The van der Waals surface area contributed by atoms with Crippen LogP contribution in [-0.4, -0.2) is 59.5 Å². The lowest BCUT2D eigenvalue weighted by molar-refractivity contribution is -0.137. The Labute approximate surface area is 192 Å². The Hall–Kier alpha value is -3.76. The summed E-state index contributed by atoms with van der Waals surface area (Å²) < 4.78 is 57.7. The number of esters is 1. The van der Waals surface area contributed by atoms with Crippen LogP contribution < -0.4 is 4.90 Å². The number of benzene rings is 2. The zero-order valence-electron chi connectivity index (χ0n) is 18.1. The molecule has 34 heavy (non-hydrogen) atoms. The summed E-state index contributed by atoms with van der Waals surface area (Å²) in [5, 5.41) is 0. The van der Waals surface area contributed by atoms with E-state index < -0.39 is 35.0 Å². The molecule has 1 saturated heterocycles. The van der Waals surface area contributed by atoms with Crippen LogP contribution >= 0.6 is 0 Å². The molecule has 1 fully saturated rings. The molecule has 2 heterocycles. The lowest BCUT2D eigenvalue weighted by atomic mass is 10.1. The first kappa shape index (κ1) is 23.4. The van der Waals surface area contributed by atoms with Gasteiger partial charge < -0.3 is 14.5 Å². The molecule has 3 aromatic rings. The minimum atomic E-state index is -4.70. The smallest absolute Gasteiger partial charge is 0.416 e. The van der Waals surface area contributed by atoms with Crippen LogP contribution in [0.4, 0.5) is 23.4 Å². The molecule has 1 amide bonds. The second-order valence-corrected chi connectivity index (χ2v) is 7.58. The van der Waals surface area contributed by atoms with E-state index in [-0.39, 0.29) is 38.5 Å². The van der Waals surface area contributed by atoms with Crippen molar-refractivity contribution in [2.24, 2.45) is 0 Å². The van der Waals surface area contributed by atoms with Crippen LogP contribution in [0.1, 0.15) is 33.3 Å². The molecule has 4 rings (SSSR count). The summed E-state index contributed by atoms with van der Waals surface area (Å²) in [6, 6.07) is 8.90. The summed E-state index contributed by atoms with van der Waals surface area (Å²) in [7, 11) is 0. The van der Waals surface area contributed by atoms with Gasteiger partial charge >= 0.3 is 12.1 Å². The van der Waals surface area contributed by atoms with Crippen molar-refractivity contribution in [2.75, 3.05) is 37.7 Å². The number of aromatic nitrogens is 2. The zero-order chi connectivity index (χ0) is 24.5. The van der Waals surface area contributed by atoms with Crippen molar-refractivity contribution in [2.45, 2.75) is 13.1 Å². The fraction of sp³-hybridized carbons (Fsp3) is 0.304. The summed E-state index contributed by atoms with van der Waals surface area (Å²) >= 11 is 0. The Balaban J connectivity index is 1.54. The van der Waals surface area contributed by atoms with Crippen LogP contribution in [-0.2, 0) is 10.9 Å². The van der Waals surface area contributed by atoms with Gasteiger partial charge in [0.2, 0.25) is 0 Å². The fourth-order valence-corrected chi connectivity index (χ4v) is 3.70. The van der Waals surface area contributed by atoms with E-state index in [0.29, 0.717) is 29.0 Å². The third kappa shape index (κ3) is 4.63. The standard InChI is InChI=1S/C23H20F4N4O3/c1-2-34-22(33)19-20(29-18-6-4-3-5-17(18)28-19)30-9-11-31(12-10-30)21(32)15-8-7-14(13-16(15)24)23(25,26)27/h3-8,13H,2,9-12H2,1H3. The molecule has 11 heteroatoms. The number of rotatable bonds is 4. The lowest BCUT2D eigenvalue weighted by Gasteiger charge is -2.36. The molecule has 2 aromatic carbocycles. The highest BCUT2D eigenvalue weighted by Crippen LogP contribution is 2.30. The second kappa shape index (κ2) is 9.24. The number of nitrogens with zero attached hydrogens (tertiary/aromatic N) is 4. The van der Waals surface area contributed by atoms with Crippen LogP contribution in [0.15, 0.2) is 42.5 Å². The number of amides is 1. The maximum absolute atomic E-state index is 14.3. The number of para-hydroxylation sites is 2. The number of fused-ring (bicyclic) bond motifs is 1. The number of hydrogen-bond acceptors (Lipinski definition) is 6. The predicted octanol–water partition coefficient (Wildman–Crippen LogP) is 3.93. The van der Waals surface area contributed by atoms with E-state index >= 15 is 0 Å². The number of carbonyl (C=O) groups excluding carboxylic acids is 2. The first-order valence-corrected chi connectivity index (χ1v) is 10.5. The molecule has 0 spiro atoms. The monoisotopic (exact) mass is 476 g/mol. The Bertz CT molecular complexity index is 1240. The van der Waals surface area contributed by atoms with Gasteiger partial charge in [0, 0.05) is 26.2 Å². The molecule has 0 saturated carbocycles. The topological polar surface area (TPSA) is 75.6 Å². The summed E-state index contributed by atoms with van der Waals surface area (Å²) in [4.78, 5) is 37.4. The van der Waals surface area contributed by atoms with Gasteiger partial charge in [-0.2, -0.15) is 13.2 Å². The van der Waals surface area contributed by atoms with Gasteiger partial charge in [-0.15, -0.1) is 0 Å². The van der Waals surface area contributed by atoms with Crippen molar-refractivity contribution >= 4 is 28.7 Å². The minimum absolute atomic E-state index is 0.0501. The largest absolute Gasteiger partial charge is 0.461 e. The number of halogens is 4. The molecule has 178 valence electrons. The van der Waals surface area contributed by atoms with Crippen LogP contribution in [0.3, 0.4) is 0 Å². The molecule has 0 bridgehead atoms. The molecule has 7 nitrogen and oxygen atoms in total. The maximum Gasteiger partial charge on any atom is 0.416 e. The Morgan fingerprint density at radius 1 is 1.00 bits per heavy atom. The van der Waals surface area contributed by atoms with Crippen LogP contribution in [0.2, 0.25) is 0 Å². The molecule has 1 aliphatic rings. The number of ether oxygens (including phenoxy) is 1. The van der Waals surface area contributed by atoms with E-state index in [0.717, 1.165) is 6.07 Å². The molecular formula is C23H20F4N4O3. The highest BCUT2D eigenvalue weighted by Gasteiger charge is 2.33. The van der Waals surface area contributed by atoms with Crippen molar-refractivity contribution in [3.8, 4) is 0 Å². The first-order chi connectivity index (χ1) is 16.2. The van der Waals surface area contributed by atoms with Crippen LogP contribution in [0.25, 0.3) is 11.0 Å². The molecule has 1 aliphatic heterocycles. The zero-order valence-corrected chi connectivity index (χ0v) is 18.1. The molecular weight excluding hydrogens is 456 g/mol. The normalized spacial score (nSPS) is 14.4. The number of hydrogen-bond donors (Lipinski definition) is 0. The predicted molar refractivity (Wildman–Crippen MR) is 115 cm³/mol. The Morgan fingerprint density at radius 3 is 2.24 bits per heavy atom. The van der Waals surface area contributed by atoms with Crippen LogP contribution in [0.5, 0.6) is 0 Å². The van der Waals surface area contributed by atoms with Gasteiger partial charge in [-0.25, -0.2) is 19.2 Å². The summed E-state index contributed by atoms with van der Waals surface area (Å²) in [6.07, 6.45) is -4.70. The molecule has 0 aliphatic carbocycles. The molecule has 0 atom stereocenters. The van der Waals surface area contributed by atoms with Crippen molar-refractivity contribution in [3.63, 3.8) is 0 Å². The Kier molecular flexibility index (Phi) is 6.36. The second-order valence-electron chi connectivity index (χ2n) is 7.58. The van der Waals surface area contributed by atoms with E-state index in [1.807, 2.05) is 0 Å². The molecule has 0 radical (unpaired) electrons.